The molecule has 5 heteroatoms. The first-order chi connectivity index (χ1) is 14.3. The molecule has 0 radical (unpaired) electrons. The van der Waals surface area contributed by atoms with Crippen molar-refractivity contribution in [2.45, 2.75) is 26.2 Å². The van der Waals surface area contributed by atoms with Crippen molar-refractivity contribution in [1.82, 2.24) is 9.97 Å². The summed E-state index contributed by atoms with van der Waals surface area (Å²) in [6.45, 7) is 4.61. The Kier molecular flexibility index (Phi) is 6.25. The number of benzene rings is 2. The number of nitrogens with one attached hydrogen (secondary N) is 1. The largest absolute Gasteiger partial charge is 0.492 e. The normalized spacial score (nSPS) is 14.6. The molecule has 1 N–H and O–H groups in total. The van der Waals surface area contributed by atoms with Crippen molar-refractivity contribution in [3.05, 3.63) is 72.4 Å². The van der Waals surface area contributed by atoms with Gasteiger partial charge in [0.2, 0.25) is 5.95 Å². The molecule has 0 spiro atoms. The van der Waals surface area contributed by atoms with Crippen molar-refractivity contribution in [1.29, 1.82) is 0 Å². The van der Waals surface area contributed by atoms with Crippen LogP contribution in [0.25, 0.3) is 0 Å². The summed E-state index contributed by atoms with van der Waals surface area (Å²) in [4.78, 5) is 11.6. The van der Waals surface area contributed by atoms with Gasteiger partial charge in [0.05, 0.1) is 12.3 Å². The van der Waals surface area contributed by atoms with Crippen LogP contribution in [0.2, 0.25) is 0 Å². The van der Waals surface area contributed by atoms with Gasteiger partial charge in [-0.15, -0.1) is 0 Å². The molecule has 1 aliphatic heterocycles. The zero-order valence-corrected chi connectivity index (χ0v) is 16.9. The zero-order chi connectivity index (χ0) is 19.9. The highest BCUT2D eigenvalue weighted by Crippen LogP contribution is 2.28. The Morgan fingerprint density at radius 1 is 1.00 bits per heavy atom. The predicted octanol–water partition coefficient (Wildman–Crippen LogP) is 5.08. The van der Waals surface area contributed by atoms with Crippen LogP contribution in [0, 0.1) is 5.92 Å². The maximum atomic E-state index is 5.70. The number of aromatic nitrogens is 2. The fourth-order valence-electron chi connectivity index (χ4n) is 3.84. The van der Waals surface area contributed by atoms with Crippen LogP contribution in [0.3, 0.4) is 0 Å². The highest BCUT2D eigenvalue weighted by molar-refractivity contribution is 5.64. The molecule has 5 nitrogen and oxygen atoms in total. The van der Waals surface area contributed by atoms with Crippen LogP contribution in [-0.4, -0.2) is 29.7 Å². The molecule has 29 heavy (non-hydrogen) atoms. The predicted molar refractivity (Wildman–Crippen MR) is 118 cm³/mol. The van der Waals surface area contributed by atoms with Crippen molar-refractivity contribution in [2.75, 3.05) is 29.9 Å². The second-order valence-corrected chi connectivity index (χ2v) is 7.42. The number of rotatable bonds is 7. The Morgan fingerprint density at radius 2 is 1.76 bits per heavy atom. The summed E-state index contributed by atoms with van der Waals surface area (Å²) in [6.07, 6.45) is 5.32. The topological polar surface area (TPSA) is 50.3 Å². The van der Waals surface area contributed by atoms with Gasteiger partial charge in [-0.2, -0.15) is 4.98 Å². The summed E-state index contributed by atoms with van der Waals surface area (Å²) in [7, 11) is 0. The van der Waals surface area contributed by atoms with Crippen LogP contribution in [0.1, 0.15) is 25.3 Å². The molecule has 1 aromatic heterocycles. The van der Waals surface area contributed by atoms with Gasteiger partial charge in [-0.3, -0.25) is 0 Å². The fourth-order valence-corrected chi connectivity index (χ4v) is 3.84. The Hall–Kier alpha value is -3.08. The van der Waals surface area contributed by atoms with E-state index in [9.17, 15) is 0 Å². The van der Waals surface area contributed by atoms with Gasteiger partial charge >= 0.3 is 0 Å². The minimum absolute atomic E-state index is 0.631. The average molecular weight is 389 g/mol. The Labute approximate surface area is 172 Å². The summed E-state index contributed by atoms with van der Waals surface area (Å²) in [5.41, 5.74) is 2.35. The molecule has 4 rings (SSSR count). The highest BCUT2D eigenvalue weighted by Gasteiger charge is 2.21. The Bertz CT molecular complexity index is 908. The van der Waals surface area contributed by atoms with E-state index >= 15 is 0 Å². The second kappa shape index (κ2) is 9.41. The van der Waals surface area contributed by atoms with E-state index in [2.05, 4.69) is 45.5 Å². The molecule has 1 fully saturated rings. The number of anilines is 3. The molecule has 1 aliphatic rings. The molecule has 0 atom stereocenters. The smallest absolute Gasteiger partial charge is 0.227 e. The number of hydrogen-bond donors (Lipinski definition) is 1. The SMILES string of the molecule is CCOc1ccccc1Nc1ccnc(N2CCC(Cc3ccccc3)CC2)n1. The molecule has 0 bridgehead atoms. The van der Waals surface area contributed by atoms with E-state index in [1.54, 1.807) is 0 Å². The maximum absolute atomic E-state index is 5.70. The van der Waals surface area contributed by atoms with Crippen molar-refractivity contribution in [3.8, 4) is 5.75 Å². The number of ether oxygens (including phenoxy) is 1. The molecular weight excluding hydrogens is 360 g/mol. The highest BCUT2D eigenvalue weighted by atomic mass is 16.5. The summed E-state index contributed by atoms with van der Waals surface area (Å²) in [6, 6.07) is 20.6. The minimum Gasteiger partial charge on any atom is -0.492 e. The third kappa shape index (κ3) is 5.05. The van der Waals surface area contributed by atoms with Gasteiger partial charge in [0.25, 0.3) is 0 Å². The summed E-state index contributed by atoms with van der Waals surface area (Å²) >= 11 is 0. The van der Waals surface area contributed by atoms with E-state index < -0.39 is 0 Å². The first kappa shape index (κ1) is 19.2. The third-order valence-corrected chi connectivity index (χ3v) is 5.36. The van der Waals surface area contributed by atoms with Gasteiger partial charge in [0.15, 0.2) is 0 Å². The van der Waals surface area contributed by atoms with Crippen LogP contribution < -0.4 is 15.0 Å². The summed E-state index contributed by atoms with van der Waals surface area (Å²) < 4.78 is 5.70. The molecule has 1 saturated heterocycles. The van der Waals surface area contributed by atoms with Crippen molar-refractivity contribution in [2.24, 2.45) is 5.92 Å². The fraction of sp³-hybridized carbons (Fsp3) is 0.333. The number of hydrogen-bond acceptors (Lipinski definition) is 5. The molecule has 150 valence electrons. The number of para-hydroxylation sites is 2. The number of piperidine rings is 1. The van der Waals surface area contributed by atoms with Crippen molar-refractivity contribution in [3.63, 3.8) is 0 Å². The van der Waals surface area contributed by atoms with E-state index in [0.717, 1.165) is 48.6 Å². The lowest BCUT2D eigenvalue weighted by molar-refractivity contribution is 0.342. The average Bonchev–Trinajstić information content (AvgIpc) is 2.77. The lowest BCUT2D eigenvalue weighted by Crippen LogP contribution is -2.35. The van der Waals surface area contributed by atoms with Crippen LogP contribution in [0.5, 0.6) is 5.75 Å². The molecule has 0 saturated carbocycles. The van der Waals surface area contributed by atoms with Gasteiger partial charge < -0.3 is 15.0 Å². The van der Waals surface area contributed by atoms with Crippen LogP contribution in [0.4, 0.5) is 17.5 Å². The molecular formula is C24H28N4O. The maximum Gasteiger partial charge on any atom is 0.227 e. The van der Waals surface area contributed by atoms with E-state index in [0.29, 0.717) is 6.61 Å². The van der Waals surface area contributed by atoms with E-state index in [1.807, 2.05) is 43.5 Å². The summed E-state index contributed by atoms with van der Waals surface area (Å²) in [5.74, 6) is 3.14. The lowest BCUT2D eigenvalue weighted by Gasteiger charge is -2.32. The monoisotopic (exact) mass is 388 g/mol. The molecule has 2 aromatic carbocycles. The zero-order valence-electron chi connectivity index (χ0n) is 16.9. The van der Waals surface area contributed by atoms with Gasteiger partial charge in [-0.05, 0) is 55.9 Å². The van der Waals surface area contributed by atoms with Crippen molar-refractivity contribution < 1.29 is 4.74 Å². The standard InChI is InChI=1S/C24H28N4O/c1-2-29-22-11-7-6-10-21(22)26-23-12-15-25-24(27-23)28-16-13-20(14-17-28)18-19-8-4-3-5-9-19/h3-12,15,20H,2,13-14,16-18H2,1H3,(H,25,26,27). The quantitative estimate of drug-likeness (QED) is 0.612. The first-order valence-corrected chi connectivity index (χ1v) is 10.4. The van der Waals surface area contributed by atoms with Crippen LogP contribution in [-0.2, 0) is 6.42 Å². The van der Waals surface area contributed by atoms with Gasteiger partial charge in [-0.1, -0.05) is 42.5 Å². The van der Waals surface area contributed by atoms with Gasteiger partial charge in [0, 0.05) is 19.3 Å². The molecule has 0 amide bonds. The Morgan fingerprint density at radius 3 is 2.55 bits per heavy atom. The van der Waals surface area contributed by atoms with Crippen LogP contribution >= 0.6 is 0 Å². The molecule has 3 aromatic rings. The van der Waals surface area contributed by atoms with Crippen LogP contribution in [0.15, 0.2) is 66.9 Å². The molecule has 0 unspecified atom stereocenters. The number of nitrogens with zero attached hydrogens (tertiary/aromatic N) is 3. The lowest BCUT2D eigenvalue weighted by atomic mass is 9.90. The van der Waals surface area contributed by atoms with E-state index in [1.165, 1.54) is 18.4 Å². The minimum atomic E-state index is 0.631. The first-order valence-electron chi connectivity index (χ1n) is 10.4. The van der Waals surface area contributed by atoms with Gasteiger partial charge in [0.1, 0.15) is 11.6 Å². The van der Waals surface area contributed by atoms with Crippen molar-refractivity contribution >= 4 is 17.5 Å². The molecule has 2 heterocycles. The van der Waals surface area contributed by atoms with Gasteiger partial charge in [-0.25, -0.2) is 4.98 Å². The van der Waals surface area contributed by atoms with E-state index in [4.69, 9.17) is 9.72 Å². The second-order valence-electron chi connectivity index (χ2n) is 7.42. The van der Waals surface area contributed by atoms with E-state index in [-0.39, 0.29) is 0 Å². The Balaban J connectivity index is 1.38. The third-order valence-electron chi connectivity index (χ3n) is 5.36. The molecule has 0 aliphatic carbocycles. The summed E-state index contributed by atoms with van der Waals surface area (Å²) in [5, 5.41) is 3.38.